The van der Waals surface area contributed by atoms with Crippen molar-refractivity contribution in [2.24, 2.45) is 0 Å². The number of methoxy groups -OCH3 is 1. The smallest absolute Gasteiger partial charge is 0.320 e. The Kier molecular flexibility index (Phi) is 5.40. The second kappa shape index (κ2) is 7.70. The number of urea groups is 1. The van der Waals surface area contributed by atoms with E-state index in [-0.39, 0.29) is 12.1 Å². The van der Waals surface area contributed by atoms with Crippen LogP contribution in [0.3, 0.4) is 0 Å². The van der Waals surface area contributed by atoms with Crippen LogP contribution in [-0.4, -0.2) is 13.1 Å². The molecule has 0 fully saturated rings. The zero-order valence-corrected chi connectivity index (χ0v) is 15.2. The van der Waals surface area contributed by atoms with Gasteiger partial charge in [-0.3, -0.25) is 0 Å². The molecule has 1 aromatic carbocycles. The molecule has 2 heterocycles. The van der Waals surface area contributed by atoms with E-state index >= 15 is 0 Å². The van der Waals surface area contributed by atoms with Crippen LogP contribution in [-0.2, 0) is 0 Å². The van der Waals surface area contributed by atoms with Crippen LogP contribution in [0, 0.1) is 0 Å². The molecule has 0 saturated heterocycles. The Morgan fingerprint density at radius 2 is 2.12 bits per heavy atom. The summed E-state index contributed by atoms with van der Waals surface area (Å²) >= 11 is 9.20. The molecule has 0 aliphatic rings. The van der Waals surface area contributed by atoms with Gasteiger partial charge in [-0.05, 0) is 52.0 Å². The van der Waals surface area contributed by atoms with E-state index in [1.807, 2.05) is 34.3 Å². The van der Waals surface area contributed by atoms with Crippen LogP contribution >= 0.6 is 34.3 Å². The molecule has 0 bridgehead atoms. The van der Waals surface area contributed by atoms with Crippen molar-refractivity contribution >= 4 is 46.0 Å². The number of hydrogen-bond acceptors (Lipinski definition) is 4. The molecule has 3 rings (SSSR count). The first-order valence-electron chi connectivity index (χ1n) is 7.14. The normalized spacial score (nSPS) is 11.8. The molecule has 4 nitrogen and oxygen atoms in total. The predicted octanol–water partition coefficient (Wildman–Crippen LogP) is 5.38. The molecule has 0 aliphatic carbocycles. The van der Waals surface area contributed by atoms with Crippen molar-refractivity contribution in [2.45, 2.75) is 6.04 Å². The van der Waals surface area contributed by atoms with Gasteiger partial charge in [0.05, 0.1) is 18.8 Å². The summed E-state index contributed by atoms with van der Waals surface area (Å²) in [6.45, 7) is 0. The lowest BCUT2D eigenvalue weighted by atomic mass is 10.1. The van der Waals surface area contributed by atoms with E-state index in [2.05, 4.69) is 10.6 Å². The molecule has 2 aromatic heterocycles. The fourth-order valence-corrected chi connectivity index (χ4v) is 3.94. The van der Waals surface area contributed by atoms with Crippen LogP contribution in [0.4, 0.5) is 10.5 Å². The van der Waals surface area contributed by atoms with Crippen molar-refractivity contribution in [3.63, 3.8) is 0 Å². The summed E-state index contributed by atoms with van der Waals surface area (Å²) in [5.74, 6) is 0.553. The van der Waals surface area contributed by atoms with Gasteiger partial charge >= 0.3 is 6.03 Å². The van der Waals surface area contributed by atoms with E-state index in [1.165, 1.54) is 0 Å². The van der Waals surface area contributed by atoms with Gasteiger partial charge < -0.3 is 15.4 Å². The summed E-state index contributed by atoms with van der Waals surface area (Å²) in [7, 11) is 1.55. The van der Waals surface area contributed by atoms with Gasteiger partial charge in [-0.25, -0.2) is 4.79 Å². The van der Waals surface area contributed by atoms with Crippen molar-refractivity contribution < 1.29 is 9.53 Å². The fourth-order valence-electron chi connectivity index (χ4n) is 2.28. The van der Waals surface area contributed by atoms with Crippen LogP contribution < -0.4 is 15.4 Å². The molecule has 0 saturated carbocycles. The van der Waals surface area contributed by atoms with Gasteiger partial charge in [-0.2, -0.15) is 11.3 Å². The summed E-state index contributed by atoms with van der Waals surface area (Å²) in [5.41, 5.74) is 1.58. The highest BCUT2D eigenvalue weighted by molar-refractivity contribution is 7.10. The summed E-state index contributed by atoms with van der Waals surface area (Å²) in [5, 5.41) is 12.4. The minimum atomic E-state index is -0.319. The number of nitrogens with one attached hydrogen (secondary N) is 2. The van der Waals surface area contributed by atoms with Gasteiger partial charge in [0.15, 0.2) is 0 Å². The van der Waals surface area contributed by atoms with Gasteiger partial charge in [0.1, 0.15) is 5.75 Å². The molecule has 2 amide bonds. The predicted molar refractivity (Wildman–Crippen MR) is 101 cm³/mol. The Balaban J connectivity index is 1.79. The SMILES string of the molecule is COc1ccc(Cl)cc1NC(=O)NC(c1ccsc1)c1cccs1. The Hall–Kier alpha value is -2.02. The molecular formula is C17H15ClN2O2S2. The van der Waals surface area contributed by atoms with Crippen molar-refractivity contribution in [3.8, 4) is 5.75 Å². The number of halogens is 1. The minimum Gasteiger partial charge on any atom is -0.495 e. The summed E-state index contributed by atoms with van der Waals surface area (Å²) in [6, 6.07) is 10.6. The number of thiophene rings is 2. The van der Waals surface area contributed by atoms with E-state index in [9.17, 15) is 4.79 Å². The number of carbonyl (C=O) groups is 1. The Morgan fingerprint density at radius 1 is 1.25 bits per heavy atom. The highest BCUT2D eigenvalue weighted by atomic mass is 35.5. The highest BCUT2D eigenvalue weighted by Crippen LogP contribution is 2.30. The molecule has 24 heavy (non-hydrogen) atoms. The second-order valence-electron chi connectivity index (χ2n) is 4.95. The van der Waals surface area contributed by atoms with Gasteiger partial charge in [-0.15, -0.1) is 11.3 Å². The summed E-state index contributed by atoms with van der Waals surface area (Å²) in [6.07, 6.45) is 0. The van der Waals surface area contributed by atoms with Crippen LogP contribution in [0.15, 0.2) is 52.5 Å². The number of benzene rings is 1. The molecule has 0 aliphatic heterocycles. The number of anilines is 1. The highest BCUT2D eigenvalue weighted by Gasteiger charge is 2.19. The summed E-state index contributed by atoms with van der Waals surface area (Å²) < 4.78 is 5.25. The zero-order chi connectivity index (χ0) is 16.9. The maximum Gasteiger partial charge on any atom is 0.320 e. The minimum absolute atomic E-state index is 0.193. The fraction of sp³-hybridized carbons (Fsp3) is 0.118. The second-order valence-corrected chi connectivity index (χ2v) is 7.14. The van der Waals surface area contributed by atoms with Gasteiger partial charge in [-0.1, -0.05) is 17.7 Å². The number of hydrogen-bond donors (Lipinski definition) is 2. The topological polar surface area (TPSA) is 50.4 Å². The van der Waals surface area contributed by atoms with Crippen molar-refractivity contribution in [3.05, 3.63) is 68.0 Å². The average Bonchev–Trinajstić information content (AvgIpc) is 3.27. The first-order valence-corrected chi connectivity index (χ1v) is 9.34. The maximum atomic E-state index is 12.5. The third-order valence-corrected chi connectivity index (χ3v) is 5.26. The van der Waals surface area contributed by atoms with Gasteiger partial charge in [0.2, 0.25) is 0 Å². The van der Waals surface area contributed by atoms with Gasteiger partial charge in [0, 0.05) is 9.90 Å². The first-order chi connectivity index (χ1) is 11.7. The Labute approximate surface area is 153 Å². The Morgan fingerprint density at radius 3 is 2.79 bits per heavy atom. The quantitative estimate of drug-likeness (QED) is 0.626. The van der Waals surface area contributed by atoms with Crippen molar-refractivity contribution in [1.29, 1.82) is 0 Å². The molecule has 2 N–H and O–H groups in total. The maximum absolute atomic E-state index is 12.5. The van der Waals surface area contributed by atoms with E-state index < -0.39 is 0 Å². The van der Waals surface area contributed by atoms with E-state index in [1.54, 1.807) is 48.0 Å². The largest absolute Gasteiger partial charge is 0.495 e. The lowest BCUT2D eigenvalue weighted by Gasteiger charge is -2.18. The molecule has 3 aromatic rings. The monoisotopic (exact) mass is 378 g/mol. The van der Waals surface area contributed by atoms with Crippen LogP contribution in [0.2, 0.25) is 5.02 Å². The number of rotatable bonds is 5. The molecule has 1 unspecified atom stereocenters. The molecule has 124 valence electrons. The molecule has 7 heteroatoms. The standard InChI is InChI=1S/C17H15ClN2O2S2/c1-22-14-5-4-12(18)9-13(14)19-17(21)20-16(11-6-8-23-10-11)15-3-2-7-24-15/h2-10,16H,1H3,(H2,19,20,21). The van der Waals surface area contributed by atoms with Crippen LogP contribution in [0.25, 0.3) is 0 Å². The van der Waals surface area contributed by atoms with Crippen LogP contribution in [0.5, 0.6) is 5.75 Å². The van der Waals surface area contributed by atoms with Crippen molar-refractivity contribution in [1.82, 2.24) is 5.32 Å². The van der Waals surface area contributed by atoms with E-state index in [0.717, 1.165) is 10.4 Å². The number of ether oxygens (including phenoxy) is 1. The average molecular weight is 379 g/mol. The zero-order valence-electron chi connectivity index (χ0n) is 12.8. The third-order valence-electron chi connectivity index (χ3n) is 3.39. The molecular weight excluding hydrogens is 364 g/mol. The number of carbonyl (C=O) groups excluding carboxylic acids is 1. The molecule has 0 spiro atoms. The summed E-state index contributed by atoms with van der Waals surface area (Å²) in [4.78, 5) is 13.6. The lowest BCUT2D eigenvalue weighted by Crippen LogP contribution is -2.32. The van der Waals surface area contributed by atoms with Crippen molar-refractivity contribution in [2.75, 3.05) is 12.4 Å². The third kappa shape index (κ3) is 3.90. The van der Waals surface area contributed by atoms with Crippen LogP contribution in [0.1, 0.15) is 16.5 Å². The molecule has 0 radical (unpaired) electrons. The Bertz CT molecular complexity index is 770. The number of amides is 2. The first kappa shape index (κ1) is 16.8. The lowest BCUT2D eigenvalue weighted by molar-refractivity contribution is 0.250. The van der Waals surface area contributed by atoms with E-state index in [4.69, 9.17) is 16.3 Å². The van der Waals surface area contributed by atoms with Gasteiger partial charge in [0.25, 0.3) is 0 Å². The molecule has 1 atom stereocenters. The van der Waals surface area contributed by atoms with E-state index in [0.29, 0.717) is 16.5 Å².